The van der Waals surface area contributed by atoms with Gasteiger partial charge in [-0.05, 0) is 12.1 Å². The molecule has 2 N–H and O–H groups in total. The molecule has 0 aliphatic rings. The van der Waals surface area contributed by atoms with Gasteiger partial charge in [0.25, 0.3) is 0 Å². The van der Waals surface area contributed by atoms with E-state index in [1.165, 1.54) is 17.0 Å². The number of pyridine rings is 1. The molecule has 0 aliphatic heterocycles. The maximum atomic E-state index is 11.2. The van der Waals surface area contributed by atoms with Gasteiger partial charge >= 0.3 is 6.03 Å². The van der Waals surface area contributed by atoms with Gasteiger partial charge in [0.2, 0.25) is 10.0 Å². The van der Waals surface area contributed by atoms with Gasteiger partial charge < -0.3 is 12.4 Å². The molecule has 0 unspecified atom stereocenters. The highest BCUT2D eigenvalue weighted by atomic mass is 35.5. The number of hydrazine groups is 1. The first-order valence-corrected chi connectivity index (χ1v) is 5.61. The van der Waals surface area contributed by atoms with Gasteiger partial charge in [0.05, 0.1) is 18.6 Å². The highest BCUT2D eigenvalue weighted by Crippen LogP contribution is 1.76. The van der Waals surface area contributed by atoms with Crippen LogP contribution in [-0.2, 0) is 10.0 Å². The van der Waals surface area contributed by atoms with Crippen LogP contribution in [0.25, 0.3) is 0 Å². The van der Waals surface area contributed by atoms with E-state index in [0.717, 1.165) is 6.26 Å². The third-order valence-corrected chi connectivity index (χ3v) is 1.77. The smallest absolute Gasteiger partial charge is 0.514 e. The molecule has 0 atom stereocenters. The molecule has 1 amide bonds. The molecule has 1 rings (SSSR count). The fourth-order valence-corrected chi connectivity index (χ4v) is 1.01. The predicted octanol–water partition coefficient (Wildman–Crippen LogP) is -4.00. The first-order chi connectivity index (χ1) is 6.49. The van der Waals surface area contributed by atoms with Crippen LogP contribution in [0.2, 0.25) is 0 Å². The highest BCUT2D eigenvalue weighted by Gasteiger charge is 2.13. The maximum Gasteiger partial charge on any atom is 0.514 e. The second-order valence-corrected chi connectivity index (χ2v) is 4.34. The topological polar surface area (TPSA) is 79.2 Å². The Morgan fingerprint density at radius 3 is 2.20 bits per heavy atom. The van der Waals surface area contributed by atoms with Gasteiger partial charge in [0.1, 0.15) is 0 Å². The molecule has 0 aromatic carbocycles. The number of carbonyl (C=O) groups is 1. The number of sulfonamides is 1. The van der Waals surface area contributed by atoms with Crippen LogP contribution < -0.4 is 27.2 Å². The molecule has 0 radical (unpaired) electrons. The molecule has 0 aliphatic carbocycles. The van der Waals surface area contributed by atoms with Crippen molar-refractivity contribution in [2.75, 3.05) is 6.26 Å². The highest BCUT2D eigenvalue weighted by molar-refractivity contribution is 7.88. The molecule has 0 spiro atoms. The fourth-order valence-electron chi connectivity index (χ4n) is 0.735. The summed E-state index contributed by atoms with van der Waals surface area (Å²) >= 11 is 0. The number of rotatable bonds is 2. The lowest BCUT2D eigenvalue weighted by Gasteiger charge is -1.97. The van der Waals surface area contributed by atoms with Crippen LogP contribution in [-0.4, -0.2) is 20.7 Å². The standard InChI is InChI=1S/C7H9N3O3S.ClH/c1-14(12,13)9-8-7(11)10-5-3-2-4-6-10;/h2-6,9H,1H3;1H. The van der Waals surface area contributed by atoms with Crippen molar-refractivity contribution in [1.82, 2.24) is 10.3 Å². The summed E-state index contributed by atoms with van der Waals surface area (Å²) in [5.74, 6) is 0. The van der Waals surface area contributed by atoms with Gasteiger partial charge in [-0.25, -0.2) is 8.42 Å². The monoisotopic (exact) mass is 251 g/mol. The van der Waals surface area contributed by atoms with Crippen LogP contribution >= 0.6 is 0 Å². The van der Waals surface area contributed by atoms with Gasteiger partial charge in [-0.15, -0.1) is 5.43 Å². The number of nitrogens with one attached hydrogen (secondary N) is 2. The first kappa shape index (κ1) is 13.8. The number of amides is 1. The van der Waals surface area contributed by atoms with E-state index in [-0.39, 0.29) is 12.4 Å². The van der Waals surface area contributed by atoms with E-state index in [1.54, 1.807) is 18.2 Å². The molecule has 0 bridgehead atoms. The van der Waals surface area contributed by atoms with Crippen molar-refractivity contribution >= 4 is 16.1 Å². The SMILES string of the molecule is CS(=O)(=O)NNC(=O)[n+]1ccccc1.[Cl-]. The summed E-state index contributed by atoms with van der Waals surface area (Å²) in [4.78, 5) is 13.1. The third kappa shape index (κ3) is 5.31. The van der Waals surface area contributed by atoms with Crippen LogP contribution in [0, 0.1) is 0 Å². The molecule has 1 heterocycles. The normalized spacial score (nSPS) is 10.2. The number of carbonyl (C=O) groups excluding carboxylic acids is 1. The minimum Gasteiger partial charge on any atom is -1.00 e. The summed E-state index contributed by atoms with van der Waals surface area (Å²) in [6.07, 6.45) is 3.95. The van der Waals surface area contributed by atoms with Crippen LogP contribution in [0.3, 0.4) is 0 Å². The lowest BCUT2D eigenvalue weighted by Crippen LogP contribution is -3.00. The van der Waals surface area contributed by atoms with Crippen molar-refractivity contribution in [1.29, 1.82) is 0 Å². The fraction of sp³-hybridized carbons (Fsp3) is 0.143. The summed E-state index contributed by atoms with van der Waals surface area (Å²) in [6, 6.07) is 4.48. The Hall–Kier alpha value is -1.18. The van der Waals surface area contributed by atoms with E-state index in [9.17, 15) is 13.2 Å². The van der Waals surface area contributed by atoms with Crippen LogP contribution in [0.5, 0.6) is 0 Å². The van der Waals surface area contributed by atoms with E-state index in [1.807, 2.05) is 10.3 Å². The molecule has 8 heteroatoms. The minimum absolute atomic E-state index is 0. The molecule has 15 heavy (non-hydrogen) atoms. The van der Waals surface area contributed by atoms with Crippen LogP contribution in [0.4, 0.5) is 4.79 Å². The van der Waals surface area contributed by atoms with Gasteiger partial charge in [-0.2, -0.15) is 9.36 Å². The van der Waals surface area contributed by atoms with Gasteiger partial charge in [-0.1, -0.05) is 10.9 Å². The number of hydrogen-bond acceptors (Lipinski definition) is 3. The summed E-state index contributed by atoms with van der Waals surface area (Å²) < 4.78 is 22.5. The average molecular weight is 252 g/mol. The molecule has 0 saturated heterocycles. The van der Waals surface area contributed by atoms with E-state index in [4.69, 9.17) is 0 Å². The quantitative estimate of drug-likeness (QED) is 0.415. The van der Waals surface area contributed by atoms with Crippen molar-refractivity contribution in [3.63, 3.8) is 0 Å². The van der Waals surface area contributed by atoms with E-state index in [2.05, 4.69) is 0 Å². The molecule has 84 valence electrons. The van der Waals surface area contributed by atoms with Crippen molar-refractivity contribution in [2.24, 2.45) is 0 Å². The zero-order chi connectivity index (χ0) is 10.6. The van der Waals surface area contributed by atoms with Crippen molar-refractivity contribution < 1.29 is 30.2 Å². The number of aromatic nitrogens is 1. The third-order valence-electron chi connectivity index (χ3n) is 1.29. The van der Waals surface area contributed by atoms with Crippen molar-refractivity contribution in [2.45, 2.75) is 0 Å². The summed E-state index contributed by atoms with van der Waals surface area (Å²) in [5, 5.41) is 0. The Kier molecular flexibility index (Phi) is 5.20. The zero-order valence-corrected chi connectivity index (χ0v) is 9.42. The largest absolute Gasteiger partial charge is 1.00 e. The molecule has 6 nitrogen and oxygen atoms in total. The molecule has 0 saturated carbocycles. The summed E-state index contributed by atoms with van der Waals surface area (Å²) in [6.45, 7) is 0. The average Bonchev–Trinajstić information content (AvgIpc) is 2.14. The number of hydrogen-bond donors (Lipinski definition) is 2. The number of halogens is 1. The van der Waals surface area contributed by atoms with Gasteiger partial charge in [-0.3, -0.25) is 0 Å². The summed E-state index contributed by atoms with van der Waals surface area (Å²) in [7, 11) is -3.42. The second kappa shape index (κ2) is 5.64. The van der Waals surface area contributed by atoms with Gasteiger partial charge in [0.15, 0.2) is 0 Å². The molecular weight excluding hydrogens is 242 g/mol. The first-order valence-electron chi connectivity index (χ1n) is 3.72. The Morgan fingerprint density at radius 1 is 1.20 bits per heavy atom. The molecule has 1 aromatic heterocycles. The van der Waals surface area contributed by atoms with E-state index in [0.29, 0.717) is 0 Å². The Bertz CT molecular complexity index is 420. The van der Waals surface area contributed by atoms with E-state index < -0.39 is 16.1 Å². The summed E-state index contributed by atoms with van der Waals surface area (Å²) in [5.41, 5.74) is 2.02. The zero-order valence-electron chi connectivity index (χ0n) is 7.84. The van der Waals surface area contributed by atoms with Crippen molar-refractivity contribution in [3.05, 3.63) is 30.6 Å². The molecule has 1 aromatic rings. The van der Waals surface area contributed by atoms with Crippen LogP contribution in [0.15, 0.2) is 30.6 Å². The lowest BCUT2D eigenvalue weighted by atomic mass is 10.5. The maximum absolute atomic E-state index is 11.2. The Labute approximate surface area is 93.7 Å². The van der Waals surface area contributed by atoms with Crippen molar-refractivity contribution in [3.8, 4) is 0 Å². The second-order valence-electron chi connectivity index (χ2n) is 2.59. The Morgan fingerprint density at radius 2 is 1.73 bits per heavy atom. The van der Waals surface area contributed by atoms with E-state index >= 15 is 0 Å². The molecule has 0 fully saturated rings. The Balaban J connectivity index is 0.00000196. The lowest BCUT2D eigenvalue weighted by molar-refractivity contribution is -0.572. The number of nitrogens with zero attached hydrogens (tertiary/aromatic N) is 1. The minimum atomic E-state index is -3.42. The van der Waals surface area contributed by atoms with Crippen LogP contribution in [0.1, 0.15) is 0 Å². The predicted molar refractivity (Wildman–Crippen MR) is 48.5 cm³/mol. The van der Waals surface area contributed by atoms with Gasteiger partial charge in [0, 0.05) is 0 Å². The molecular formula is C7H10ClN3O3S.